The number of hydrogen-bond donors (Lipinski definition) is 1. The van der Waals surface area contributed by atoms with Gasteiger partial charge in [-0.25, -0.2) is 18.4 Å². The van der Waals surface area contributed by atoms with Crippen LogP contribution >= 0.6 is 0 Å². The van der Waals surface area contributed by atoms with Gasteiger partial charge in [0, 0.05) is 26.2 Å². The van der Waals surface area contributed by atoms with Gasteiger partial charge in [0.2, 0.25) is 0 Å². The molecule has 0 aliphatic carbocycles. The summed E-state index contributed by atoms with van der Waals surface area (Å²) in [6.07, 6.45) is 0.727. The van der Waals surface area contributed by atoms with Crippen LogP contribution < -0.4 is 5.32 Å². The van der Waals surface area contributed by atoms with Crippen LogP contribution in [0.25, 0.3) is 0 Å². The van der Waals surface area contributed by atoms with Crippen molar-refractivity contribution in [2.75, 3.05) is 33.3 Å². The summed E-state index contributed by atoms with van der Waals surface area (Å²) in [5, 5.41) is 2.82. The highest BCUT2D eigenvalue weighted by molar-refractivity contribution is 5.83. The van der Waals surface area contributed by atoms with E-state index in [0.29, 0.717) is 26.2 Å². The van der Waals surface area contributed by atoms with Crippen molar-refractivity contribution >= 4 is 12.0 Å². The number of esters is 1. The quantitative estimate of drug-likeness (QED) is 0.637. The highest BCUT2D eigenvalue weighted by Crippen LogP contribution is 2.30. The number of methoxy groups -OCH3 is 1. The summed E-state index contributed by atoms with van der Waals surface area (Å²) in [5.41, 5.74) is 1.78. The standard InChI is InChI=1S/C25H31F2N3O3/c1-4-17(2)22(24(31)33-3)28-25(32)30-15-13-29(14-16-30)23(18-5-9-20(26)10-6-18)19-7-11-21(27)12-8-19/h5-12,17,22-23H,4,13-16H2,1-3H3,(H,28,32). The second-order valence-corrected chi connectivity index (χ2v) is 8.36. The van der Waals surface area contributed by atoms with E-state index in [4.69, 9.17) is 4.74 Å². The lowest BCUT2D eigenvalue weighted by atomic mass is 9.96. The lowest BCUT2D eigenvalue weighted by Gasteiger charge is -2.40. The van der Waals surface area contributed by atoms with E-state index in [9.17, 15) is 18.4 Å². The second-order valence-electron chi connectivity index (χ2n) is 8.36. The highest BCUT2D eigenvalue weighted by Gasteiger charge is 2.32. The fourth-order valence-corrected chi connectivity index (χ4v) is 4.11. The molecule has 1 N–H and O–H groups in total. The van der Waals surface area contributed by atoms with E-state index < -0.39 is 12.0 Å². The molecule has 2 atom stereocenters. The molecule has 2 amide bonds. The number of rotatable bonds is 7. The lowest BCUT2D eigenvalue weighted by molar-refractivity contribution is -0.144. The van der Waals surface area contributed by atoms with Gasteiger partial charge in [0.15, 0.2) is 0 Å². The minimum absolute atomic E-state index is 0.0518. The van der Waals surface area contributed by atoms with Gasteiger partial charge in [0.25, 0.3) is 0 Å². The summed E-state index contributed by atoms with van der Waals surface area (Å²) in [5.74, 6) is -1.15. The molecule has 1 aliphatic heterocycles. The van der Waals surface area contributed by atoms with Crippen LogP contribution in [0.5, 0.6) is 0 Å². The Morgan fingerprint density at radius 1 is 0.939 bits per heavy atom. The molecular weight excluding hydrogens is 428 g/mol. The summed E-state index contributed by atoms with van der Waals surface area (Å²) >= 11 is 0. The van der Waals surface area contributed by atoms with Crippen molar-refractivity contribution in [2.45, 2.75) is 32.4 Å². The minimum atomic E-state index is -0.697. The predicted molar refractivity (Wildman–Crippen MR) is 122 cm³/mol. The lowest BCUT2D eigenvalue weighted by Crippen LogP contribution is -2.56. The van der Waals surface area contributed by atoms with E-state index in [1.807, 2.05) is 13.8 Å². The van der Waals surface area contributed by atoms with Crippen molar-refractivity contribution in [2.24, 2.45) is 5.92 Å². The van der Waals surface area contributed by atoms with Gasteiger partial charge in [-0.1, -0.05) is 44.5 Å². The zero-order valence-electron chi connectivity index (χ0n) is 19.3. The zero-order chi connectivity index (χ0) is 24.0. The fraction of sp³-hybridized carbons (Fsp3) is 0.440. The van der Waals surface area contributed by atoms with Gasteiger partial charge in [-0.15, -0.1) is 0 Å². The molecule has 2 unspecified atom stereocenters. The van der Waals surface area contributed by atoms with Gasteiger partial charge in [0.05, 0.1) is 13.2 Å². The number of hydrogen-bond acceptors (Lipinski definition) is 4. The number of urea groups is 1. The first-order chi connectivity index (χ1) is 15.8. The number of halogens is 2. The third-order valence-electron chi connectivity index (χ3n) is 6.29. The number of carbonyl (C=O) groups excluding carboxylic acids is 2. The third-order valence-corrected chi connectivity index (χ3v) is 6.29. The Labute approximate surface area is 193 Å². The first kappa shape index (κ1) is 24.6. The molecule has 6 nitrogen and oxygen atoms in total. The van der Waals surface area contributed by atoms with Gasteiger partial charge in [-0.05, 0) is 41.3 Å². The molecule has 178 valence electrons. The molecule has 33 heavy (non-hydrogen) atoms. The van der Waals surface area contributed by atoms with Crippen LogP contribution in [0.2, 0.25) is 0 Å². The molecule has 0 radical (unpaired) electrons. The first-order valence-electron chi connectivity index (χ1n) is 11.2. The van der Waals surface area contributed by atoms with Crippen molar-refractivity contribution in [3.63, 3.8) is 0 Å². The average Bonchev–Trinajstić information content (AvgIpc) is 2.84. The monoisotopic (exact) mass is 459 g/mol. The Hall–Kier alpha value is -3.00. The van der Waals surface area contributed by atoms with E-state index in [0.717, 1.165) is 17.5 Å². The Balaban J connectivity index is 1.72. The van der Waals surface area contributed by atoms with Gasteiger partial charge >= 0.3 is 12.0 Å². The summed E-state index contributed by atoms with van der Waals surface area (Å²) in [7, 11) is 1.31. The van der Waals surface area contributed by atoms with Crippen molar-refractivity contribution in [3.05, 3.63) is 71.3 Å². The van der Waals surface area contributed by atoms with E-state index in [1.54, 1.807) is 29.2 Å². The number of nitrogens with zero attached hydrogens (tertiary/aromatic N) is 2. The molecule has 2 aromatic carbocycles. The molecule has 0 bridgehead atoms. The molecule has 1 fully saturated rings. The molecular formula is C25H31F2N3O3. The van der Waals surface area contributed by atoms with Gasteiger partial charge < -0.3 is 15.0 Å². The Morgan fingerprint density at radius 3 is 1.85 bits per heavy atom. The summed E-state index contributed by atoms with van der Waals surface area (Å²) in [6, 6.07) is 11.4. The minimum Gasteiger partial charge on any atom is -0.467 e. The highest BCUT2D eigenvalue weighted by atomic mass is 19.1. The van der Waals surface area contributed by atoms with Crippen LogP contribution in [0.1, 0.15) is 37.4 Å². The van der Waals surface area contributed by atoms with E-state index in [-0.39, 0.29) is 29.6 Å². The van der Waals surface area contributed by atoms with E-state index in [1.165, 1.54) is 31.4 Å². The molecule has 8 heteroatoms. The van der Waals surface area contributed by atoms with E-state index >= 15 is 0 Å². The SMILES string of the molecule is CCC(C)C(NC(=O)N1CCN(C(c2ccc(F)cc2)c2ccc(F)cc2)CC1)C(=O)OC. The number of piperazine rings is 1. The topological polar surface area (TPSA) is 61.9 Å². The van der Waals surface area contributed by atoms with E-state index in [2.05, 4.69) is 10.2 Å². The van der Waals surface area contributed by atoms with Gasteiger partial charge in [0.1, 0.15) is 17.7 Å². The van der Waals surface area contributed by atoms with Crippen molar-refractivity contribution < 1.29 is 23.1 Å². The zero-order valence-corrected chi connectivity index (χ0v) is 19.3. The molecule has 3 rings (SSSR count). The van der Waals surface area contributed by atoms with Crippen LogP contribution in [0.4, 0.5) is 13.6 Å². The van der Waals surface area contributed by atoms with Gasteiger partial charge in [-0.2, -0.15) is 0 Å². The summed E-state index contributed by atoms with van der Waals surface area (Å²) in [6.45, 7) is 5.91. The molecule has 0 spiro atoms. The maximum atomic E-state index is 13.5. The Bertz CT molecular complexity index is 883. The summed E-state index contributed by atoms with van der Waals surface area (Å²) in [4.78, 5) is 28.8. The fourth-order valence-electron chi connectivity index (χ4n) is 4.11. The normalized spacial score (nSPS) is 16.4. The summed E-state index contributed by atoms with van der Waals surface area (Å²) < 4.78 is 31.9. The third kappa shape index (κ3) is 6.07. The number of benzene rings is 2. The molecule has 0 aromatic heterocycles. The average molecular weight is 460 g/mol. The number of nitrogens with one attached hydrogen (secondary N) is 1. The van der Waals surface area contributed by atoms with Gasteiger partial charge in [-0.3, -0.25) is 4.90 Å². The number of carbonyl (C=O) groups is 2. The van der Waals surface area contributed by atoms with Crippen LogP contribution in [0.15, 0.2) is 48.5 Å². The predicted octanol–water partition coefficient (Wildman–Crippen LogP) is 3.97. The van der Waals surface area contributed by atoms with Crippen LogP contribution in [0, 0.1) is 17.6 Å². The van der Waals surface area contributed by atoms with Crippen molar-refractivity contribution in [3.8, 4) is 0 Å². The van der Waals surface area contributed by atoms with Crippen LogP contribution in [0.3, 0.4) is 0 Å². The molecule has 1 aliphatic rings. The van der Waals surface area contributed by atoms with Crippen LogP contribution in [-0.4, -0.2) is 61.1 Å². The molecule has 2 aromatic rings. The largest absolute Gasteiger partial charge is 0.467 e. The second kappa shape index (κ2) is 11.2. The molecule has 1 saturated heterocycles. The maximum absolute atomic E-state index is 13.5. The number of ether oxygens (including phenoxy) is 1. The molecule has 1 heterocycles. The Morgan fingerprint density at radius 2 is 1.42 bits per heavy atom. The van der Waals surface area contributed by atoms with Crippen LogP contribution in [-0.2, 0) is 9.53 Å². The van der Waals surface area contributed by atoms with Crippen molar-refractivity contribution in [1.29, 1.82) is 0 Å². The maximum Gasteiger partial charge on any atom is 0.328 e. The van der Waals surface area contributed by atoms with Crippen molar-refractivity contribution in [1.82, 2.24) is 15.1 Å². The molecule has 0 saturated carbocycles. The smallest absolute Gasteiger partial charge is 0.328 e. The first-order valence-corrected chi connectivity index (χ1v) is 11.2. The Kier molecular flexibility index (Phi) is 8.38. The number of amides is 2.